The molecule has 10 atom stereocenters. The van der Waals surface area contributed by atoms with E-state index in [9.17, 15) is 9.59 Å². The number of hydrogen-bond donors (Lipinski definition) is 0. The average molecular weight is 352 g/mol. The lowest BCUT2D eigenvalue weighted by atomic mass is 9.49. The fourth-order valence-corrected chi connectivity index (χ4v) is 9.35. The lowest BCUT2D eigenvalue weighted by Crippen LogP contribution is -2.55. The summed E-state index contributed by atoms with van der Waals surface area (Å²) in [5.41, 5.74) is 1.64. The fourth-order valence-electron chi connectivity index (χ4n) is 9.35. The Morgan fingerprint density at radius 3 is 2.69 bits per heavy atom. The van der Waals surface area contributed by atoms with Gasteiger partial charge in [-0.1, -0.05) is 12.5 Å². The zero-order valence-electron chi connectivity index (χ0n) is 15.6. The van der Waals surface area contributed by atoms with Gasteiger partial charge in [0.2, 0.25) is 0 Å². The predicted octanol–water partition coefficient (Wildman–Crippen LogP) is 3.92. The van der Waals surface area contributed by atoms with Crippen molar-refractivity contribution in [3.63, 3.8) is 0 Å². The van der Waals surface area contributed by atoms with Crippen LogP contribution in [0.15, 0.2) is 11.6 Å². The summed E-state index contributed by atoms with van der Waals surface area (Å²) in [6.07, 6.45) is 10.7. The first-order valence-electron chi connectivity index (χ1n) is 11.0. The van der Waals surface area contributed by atoms with E-state index in [4.69, 9.17) is 4.74 Å². The molecule has 0 amide bonds. The minimum Gasteiger partial charge on any atom is -0.458 e. The van der Waals surface area contributed by atoms with Gasteiger partial charge in [0.05, 0.1) is 0 Å². The van der Waals surface area contributed by atoms with Crippen molar-refractivity contribution >= 4 is 11.8 Å². The van der Waals surface area contributed by atoms with E-state index < -0.39 is 0 Å². The number of ketones is 1. The summed E-state index contributed by atoms with van der Waals surface area (Å²) < 4.78 is 6.19. The molecule has 7 rings (SSSR count). The molecule has 7 aliphatic rings. The highest BCUT2D eigenvalue weighted by atomic mass is 16.6. The fraction of sp³-hybridized carbons (Fsp3) is 0.826. The number of esters is 1. The molecule has 5 saturated carbocycles. The molecule has 1 unspecified atom stereocenters. The van der Waals surface area contributed by atoms with E-state index >= 15 is 0 Å². The molecule has 0 radical (unpaired) electrons. The molecule has 0 N–H and O–H groups in total. The number of fused-ring (bicyclic) bond motifs is 12. The quantitative estimate of drug-likeness (QED) is 0.621. The third-order valence-corrected chi connectivity index (χ3v) is 10.2. The van der Waals surface area contributed by atoms with E-state index in [-0.39, 0.29) is 17.0 Å². The van der Waals surface area contributed by atoms with E-state index in [1.807, 2.05) is 0 Å². The predicted molar refractivity (Wildman–Crippen MR) is 94.9 cm³/mol. The van der Waals surface area contributed by atoms with E-state index in [1.54, 1.807) is 5.57 Å². The second kappa shape index (κ2) is 4.31. The van der Waals surface area contributed by atoms with Gasteiger partial charge in [-0.2, -0.15) is 0 Å². The SMILES string of the molecule is C[C@]12CC[C@H]3[C@@H]([C@@H]4C[C@@H]4C4=CC(=O)CC[C@@H]43)[C@H]1[C@H]1C[C@H]1C21CCC(=O)O1. The minimum absolute atomic E-state index is 0.0589. The Balaban J connectivity index is 1.31. The zero-order chi connectivity index (χ0) is 17.4. The molecule has 0 aromatic heterocycles. The molecule has 0 aromatic carbocycles. The van der Waals surface area contributed by atoms with Crippen LogP contribution in [0.4, 0.5) is 0 Å². The van der Waals surface area contributed by atoms with Gasteiger partial charge in [-0.25, -0.2) is 0 Å². The Kier molecular flexibility index (Phi) is 2.46. The molecule has 26 heavy (non-hydrogen) atoms. The summed E-state index contributed by atoms with van der Waals surface area (Å²) in [5.74, 6) is 6.54. The number of ether oxygens (including phenoxy) is 1. The number of hydrogen-bond acceptors (Lipinski definition) is 3. The molecule has 1 saturated heterocycles. The van der Waals surface area contributed by atoms with Crippen molar-refractivity contribution in [2.24, 2.45) is 52.8 Å². The highest BCUT2D eigenvalue weighted by Crippen LogP contribution is 2.81. The molecular formula is C23H28O3. The van der Waals surface area contributed by atoms with Crippen LogP contribution < -0.4 is 0 Å². The second-order valence-electron chi connectivity index (χ2n) is 10.9. The summed E-state index contributed by atoms with van der Waals surface area (Å²) in [6, 6.07) is 0. The Morgan fingerprint density at radius 2 is 1.88 bits per heavy atom. The summed E-state index contributed by atoms with van der Waals surface area (Å²) in [6.45, 7) is 2.49. The van der Waals surface area contributed by atoms with E-state index in [2.05, 4.69) is 13.0 Å². The van der Waals surface area contributed by atoms with Gasteiger partial charge in [0.25, 0.3) is 0 Å². The second-order valence-corrected chi connectivity index (χ2v) is 10.9. The van der Waals surface area contributed by atoms with Crippen molar-refractivity contribution in [2.75, 3.05) is 0 Å². The number of allylic oxidation sites excluding steroid dienone is 1. The highest BCUT2D eigenvalue weighted by Gasteiger charge is 2.80. The Bertz CT molecular complexity index is 782. The molecular weight excluding hydrogens is 324 g/mol. The third-order valence-electron chi connectivity index (χ3n) is 10.2. The maximum Gasteiger partial charge on any atom is 0.306 e. The van der Waals surface area contributed by atoms with E-state index in [0.717, 1.165) is 48.9 Å². The molecule has 138 valence electrons. The monoisotopic (exact) mass is 352 g/mol. The third kappa shape index (κ3) is 1.49. The normalized spacial score (nSPS) is 61.0. The van der Waals surface area contributed by atoms with Crippen LogP contribution in [0.2, 0.25) is 0 Å². The van der Waals surface area contributed by atoms with Gasteiger partial charge < -0.3 is 4.74 Å². The van der Waals surface area contributed by atoms with Crippen LogP contribution >= 0.6 is 0 Å². The van der Waals surface area contributed by atoms with Crippen molar-refractivity contribution < 1.29 is 14.3 Å². The van der Waals surface area contributed by atoms with Gasteiger partial charge in [-0.15, -0.1) is 0 Å². The van der Waals surface area contributed by atoms with Gasteiger partial charge in [0.15, 0.2) is 5.78 Å². The van der Waals surface area contributed by atoms with Crippen LogP contribution in [0, 0.1) is 52.8 Å². The van der Waals surface area contributed by atoms with Crippen molar-refractivity contribution in [1.29, 1.82) is 0 Å². The van der Waals surface area contributed by atoms with Crippen molar-refractivity contribution in [2.45, 2.75) is 63.9 Å². The van der Waals surface area contributed by atoms with Crippen molar-refractivity contribution in [1.82, 2.24) is 0 Å². The first-order chi connectivity index (χ1) is 12.5. The molecule has 3 nitrogen and oxygen atoms in total. The molecule has 0 bridgehead atoms. The van der Waals surface area contributed by atoms with E-state index in [0.29, 0.717) is 30.0 Å². The number of carbonyl (C=O) groups is 2. The minimum atomic E-state index is -0.118. The molecule has 1 spiro atoms. The molecule has 1 heterocycles. The smallest absolute Gasteiger partial charge is 0.306 e. The molecule has 6 aliphatic carbocycles. The maximum atomic E-state index is 12.1. The number of carbonyl (C=O) groups excluding carboxylic acids is 2. The summed E-state index contributed by atoms with van der Waals surface area (Å²) in [4.78, 5) is 24.1. The summed E-state index contributed by atoms with van der Waals surface area (Å²) >= 11 is 0. The first-order valence-corrected chi connectivity index (χ1v) is 11.0. The van der Waals surface area contributed by atoms with Gasteiger partial charge in [-0.3, -0.25) is 9.59 Å². The lowest BCUT2D eigenvalue weighted by molar-refractivity contribution is -0.174. The Labute approximate surface area is 154 Å². The van der Waals surface area contributed by atoms with Gasteiger partial charge in [-0.05, 0) is 86.0 Å². The molecule has 6 fully saturated rings. The van der Waals surface area contributed by atoms with Crippen LogP contribution in [-0.2, 0) is 14.3 Å². The van der Waals surface area contributed by atoms with Crippen LogP contribution in [0.5, 0.6) is 0 Å². The topological polar surface area (TPSA) is 43.4 Å². The average Bonchev–Trinajstić information content (AvgIpc) is 3.51. The molecule has 3 heteroatoms. The van der Waals surface area contributed by atoms with Crippen molar-refractivity contribution in [3.05, 3.63) is 11.6 Å². The summed E-state index contributed by atoms with van der Waals surface area (Å²) in [7, 11) is 0. The van der Waals surface area contributed by atoms with E-state index in [1.165, 1.54) is 25.7 Å². The van der Waals surface area contributed by atoms with Gasteiger partial charge in [0.1, 0.15) is 5.60 Å². The van der Waals surface area contributed by atoms with Crippen LogP contribution in [-0.4, -0.2) is 17.4 Å². The largest absolute Gasteiger partial charge is 0.458 e. The van der Waals surface area contributed by atoms with Crippen LogP contribution in [0.25, 0.3) is 0 Å². The van der Waals surface area contributed by atoms with Crippen LogP contribution in [0.1, 0.15) is 58.3 Å². The first kappa shape index (κ1) is 14.9. The summed E-state index contributed by atoms with van der Waals surface area (Å²) in [5, 5.41) is 0. The molecule has 1 aliphatic heterocycles. The van der Waals surface area contributed by atoms with Crippen LogP contribution in [0.3, 0.4) is 0 Å². The van der Waals surface area contributed by atoms with Crippen molar-refractivity contribution in [3.8, 4) is 0 Å². The number of rotatable bonds is 0. The highest BCUT2D eigenvalue weighted by molar-refractivity contribution is 5.91. The zero-order valence-corrected chi connectivity index (χ0v) is 15.6. The molecule has 0 aromatic rings. The Morgan fingerprint density at radius 1 is 1.00 bits per heavy atom. The lowest BCUT2D eigenvalue weighted by Gasteiger charge is -2.57. The maximum absolute atomic E-state index is 12.1. The van der Waals surface area contributed by atoms with Gasteiger partial charge in [0, 0.05) is 24.2 Å². The standard InChI is InChI=1S/C23H28O3/c1-22-6-4-13-12-3-2-11(24)8-14(12)15-9-16(15)20(13)21(22)17-10-18(17)23(22)7-5-19(25)26-23/h8,12-13,15-18,20-21H,2-7,9-10H2,1H3/t12-,13-,15-,16-,17+,18-,20+,21-,22+,23?/m1/s1. The van der Waals surface area contributed by atoms with Gasteiger partial charge >= 0.3 is 5.97 Å². The Hall–Kier alpha value is -1.12.